The molecule has 0 spiro atoms. The minimum Gasteiger partial charge on any atom is -0.309 e. The zero-order chi connectivity index (χ0) is 35.8. The van der Waals surface area contributed by atoms with Gasteiger partial charge in [-0.2, -0.15) is 0 Å². The third kappa shape index (κ3) is 5.44. The molecule has 1 heterocycles. The van der Waals surface area contributed by atoms with Gasteiger partial charge in [0, 0.05) is 27.6 Å². The van der Waals surface area contributed by atoms with Crippen LogP contribution in [0.1, 0.15) is 0 Å². The number of aromatic nitrogens is 1. The third-order valence-corrected chi connectivity index (χ3v) is 10.6. The number of benzene rings is 9. The van der Waals surface area contributed by atoms with Crippen molar-refractivity contribution in [3.8, 4) is 39.1 Å². The van der Waals surface area contributed by atoms with E-state index in [1.807, 2.05) is 0 Å². The molecule has 9 aromatic carbocycles. The molecule has 0 amide bonds. The Balaban J connectivity index is 1.23. The van der Waals surface area contributed by atoms with Crippen LogP contribution in [0, 0.1) is 0 Å². The average molecular weight is 689 g/mol. The average Bonchev–Trinajstić information content (AvgIpc) is 3.59. The first-order valence-electron chi connectivity index (χ1n) is 18.5. The zero-order valence-corrected chi connectivity index (χ0v) is 29.7. The van der Waals surface area contributed by atoms with Crippen LogP contribution in [-0.2, 0) is 0 Å². The van der Waals surface area contributed by atoms with Gasteiger partial charge in [0.2, 0.25) is 0 Å². The molecule has 0 radical (unpaired) electrons. The SMILES string of the molecule is c1ccc(-c2ccc(-c3ccccc3-n3c4ccccc4c4c(N(c5ccccc5)c5cc6ccccc6cc5-c5ccccc5)cccc43)cc2)cc1. The van der Waals surface area contributed by atoms with Gasteiger partial charge in [-0.05, 0) is 81.6 Å². The number of hydrogen-bond acceptors (Lipinski definition) is 1. The molecule has 2 heteroatoms. The molecule has 0 unspecified atom stereocenters. The molecule has 0 aliphatic heterocycles. The second-order valence-electron chi connectivity index (χ2n) is 13.7. The normalized spacial score (nSPS) is 11.3. The van der Waals surface area contributed by atoms with Gasteiger partial charge in [0.25, 0.3) is 0 Å². The van der Waals surface area contributed by atoms with E-state index >= 15 is 0 Å². The second-order valence-corrected chi connectivity index (χ2v) is 13.7. The number of fused-ring (bicyclic) bond motifs is 4. The summed E-state index contributed by atoms with van der Waals surface area (Å²) in [5.41, 5.74) is 14.0. The highest BCUT2D eigenvalue weighted by Gasteiger charge is 2.24. The van der Waals surface area contributed by atoms with Crippen molar-refractivity contribution < 1.29 is 0 Å². The molecule has 2 nitrogen and oxygen atoms in total. The molecular formula is C52H36N2. The molecule has 10 rings (SSSR count). The molecule has 0 atom stereocenters. The van der Waals surface area contributed by atoms with E-state index in [1.54, 1.807) is 0 Å². The number of hydrogen-bond donors (Lipinski definition) is 0. The lowest BCUT2D eigenvalue weighted by Gasteiger charge is -2.29. The topological polar surface area (TPSA) is 8.17 Å². The number of para-hydroxylation sites is 3. The molecule has 10 aromatic rings. The fourth-order valence-electron chi connectivity index (χ4n) is 8.08. The standard InChI is InChI=1S/C52H36N2/c1-4-17-37(18-5-1)38-31-33-40(34-32-38)44-25-12-14-27-47(44)54-48-28-15-13-26-45(48)52-49(29-16-30-50(52)54)53(43-23-8-3-9-24-43)51-36-42-22-11-10-21-41(42)35-46(51)39-19-6-2-7-20-39/h1-36H. The van der Waals surface area contributed by atoms with E-state index in [0.29, 0.717) is 0 Å². The first-order chi connectivity index (χ1) is 26.8. The quantitative estimate of drug-likeness (QED) is 0.162. The van der Waals surface area contributed by atoms with E-state index in [-0.39, 0.29) is 0 Å². The molecule has 0 saturated carbocycles. The van der Waals surface area contributed by atoms with Crippen LogP contribution in [-0.4, -0.2) is 4.57 Å². The third-order valence-electron chi connectivity index (χ3n) is 10.6. The van der Waals surface area contributed by atoms with Crippen LogP contribution < -0.4 is 4.90 Å². The highest BCUT2D eigenvalue weighted by atomic mass is 15.2. The van der Waals surface area contributed by atoms with E-state index in [1.165, 1.54) is 60.4 Å². The summed E-state index contributed by atoms with van der Waals surface area (Å²) in [6.07, 6.45) is 0. The van der Waals surface area contributed by atoms with Gasteiger partial charge in [-0.15, -0.1) is 0 Å². The van der Waals surface area contributed by atoms with Gasteiger partial charge in [-0.3, -0.25) is 0 Å². The second kappa shape index (κ2) is 13.4. The van der Waals surface area contributed by atoms with Crippen molar-refractivity contribution in [2.45, 2.75) is 0 Å². The Morgan fingerprint density at radius 3 is 1.63 bits per heavy atom. The van der Waals surface area contributed by atoms with E-state index in [9.17, 15) is 0 Å². The van der Waals surface area contributed by atoms with Crippen LogP contribution in [0.3, 0.4) is 0 Å². The van der Waals surface area contributed by atoms with E-state index in [4.69, 9.17) is 0 Å². The van der Waals surface area contributed by atoms with E-state index in [0.717, 1.165) is 28.3 Å². The summed E-state index contributed by atoms with van der Waals surface area (Å²) in [6.45, 7) is 0. The Morgan fingerprint density at radius 1 is 0.333 bits per heavy atom. The van der Waals surface area contributed by atoms with Gasteiger partial charge in [-0.25, -0.2) is 0 Å². The maximum Gasteiger partial charge on any atom is 0.0562 e. The van der Waals surface area contributed by atoms with Crippen molar-refractivity contribution in [1.29, 1.82) is 0 Å². The highest BCUT2D eigenvalue weighted by molar-refractivity contribution is 6.17. The molecule has 0 aliphatic carbocycles. The number of rotatable bonds is 7. The summed E-state index contributed by atoms with van der Waals surface area (Å²) in [5, 5.41) is 4.84. The number of anilines is 3. The fraction of sp³-hybridized carbons (Fsp3) is 0. The largest absolute Gasteiger partial charge is 0.309 e. The Hall–Kier alpha value is -7.16. The van der Waals surface area contributed by atoms with Gasteiger partial charge in [-0.1, -0.05) is 170 Å². The van der Waals surface area contributed by atoms with Crippen LogP contribution in [0.15, 0.2) is 218 Å². The molecule has 0 saturated heterocycles. The first-order valence-corrected chi connectivity index (χ1v) is 18.5. The van der Waals surface area contributed by atoms with Gasteiger partial charge in [0.15, 0.2) is 0 Å². The van der Waals surface area contributed by atoms with Crippen molar-refractivity contribution in [3.63, 3.8) is 0 Å². The first kappa shape index (κ1) is 31.6. The van der Waals surface area contributed by atoms with Gasteiger partial charge < -0.3 is 9.47 Å². The molecule has 54 heavy (non-hydrogen) atoms. The summed E-state index contributed by atoms with van der Waals surface area (Å²) in [7, 11) is 0. The van der Waals surface area contributed by atoms with E-state index < -0.39 is 0 Å². The van der Waals surface area contributed by atoms with Crippen LogP contribution in [0.5, 0.6) is 0 Å². The Morgan fingerprint density at radius 2 is 0.870 bits per heavy atom. The van der Waals surface area contributed by atoms with E-state index in [2.05, 4.69) is 228 Å². The molecule has 0 N–H and O–H groups in total. The molecule has 0 fully saturated rings. The molecular weight excluding hydrogens is 653 g/mol. The molecule has 0 aliphatic rings. The summed E-state index contributed by atoms with van der Waals surface area (Å²) >= 11 is 0. The summed E-state index contributed by atoms with van der Waals surface area (Å²) in [6, 6.07) is 78.9. The minimum atomic E-state index is 1.10. The van der Waals surface area contributed by atoms with Crippen LogP contribution in [0.2, 0.25) is 0 Å². The molecule has 254 valence electrons. The van der Waals surface area contributed by atoms with Crippen LogP contribution >= 0.6 is 0 Å². The minimum absolute atomic E-state index is 1.10. The smallest absolute Gasteiger partial charge is 0.0562 e. The summed E-state index contributed by atoms with van der Waals surface area (Å²) in [5.74, 6) is 0. The van der Waals surface area contributed by atoms with Crippen molar-refractivity contribution in [1.82, 2.24) is 4.57 Å². The van der Waals surface area contributed by atoms with Crippen LogP contribution in [0.25, 0.3) is 71.6 Å². The Bertz CT molecular complexity index is 2910. The fourth-order valence-corrected chi connectivity index (χ4v) is 8.08. The maximum atomic E-state index is 2.46. The summed E-state index contributed by atoms with van der Waals surface area (Å²) in [4.78, 5) is 2.46. The van der Waals surface area contributed by atoms with Crippen molar-refractivity contribution in [3.05, 3.63) is 218 Å². The lowest BCUT2D eigenvalue weighted by atomic mass is 9.97. The Labute approximate surface area is 315 Å². The van der Waals surface area contributed by atoms with Crippen molar-refractivity contribution in [2.24, 2.45) is 0 Å². The predicted octanol–water partition coefficient (Wildman–Crippen LogP) is 14.4. The number of nitrogens with zero attached hydrogens (tertiary/aromatic N) is 2. The monoisotopic (exact) mass is 688 g/mol. The summed E-state index contributed by atoms with van der Waals surface area (Å²) < 4.78 is 2.45. The van der Waals surface area contributed by atoms with Gasteiger partial charge in [0.1, 0.15) is 0 Å². The van der Waals surface area contributed by atoms with Crippen LogP contribution in [0.4, 0.5) is 17.1 Å². The van der Waals surface area contributed by atoms with Crippen molar-refractivity contribution >= 4 is 49.6 Å². The zero-order valence-electron chi connectivity index (χ0n) is 29.7. The van der Waals surface area contributed by atoms with Gasteiger partial charge in [0.05, 0.1) is 28.1 Å². The lowest BCUT2D eigenvalue weighted by molar-refractivity contribution is 1.18. The molecule has 0 bridgehead atoms. The van der Waals surface area contributed by atoms with Gasteiger partial charge >= 0.3 is 0 Å². The maximum absolute atomic E-state index is 2.46. The predicted molar refractivity (Wildman–Crippen MR) is 229 cm³/mol. The lowest BCUT2D eigenvalue weighted by Crippen LogP contribution is -2.12. The highest BCUT2D eigenvalue weighted by Crippen LogP contribution is 2.48. The Kier molecular flexibility index (Phi) is 7.85. The molecule has 1 aromatic heterocycles. The van der Waals surface area contributed by atoms with Crippen molar-refractivity contribution in [2.75, 3.05) is 4.90 Å².